The van der Waals surface area contributed by atoms with Gasteiger partial charge in [-0.1, -0.05) is 0 Å². The Balaban J connectivity index is 3.05. The maximum absolute atomic E-state index is 9.15. The molecule has 3 nitrogen and oxygen atoms in total. The highest BCUT2D eigenvalue weighted by molar-refractivity contribution is 5.32. The maximum Gasteiger partial charge on any atom is 0.138 e. The molecule has 1 heterocycles. The minimum atomic E-state index is 0.0946. The van der Waals surface area contributed by atoms with Crippen molar-refractivity contribution in [3.05, 3.63) is 23.5 Å². The van der Waals surface area contributed by atoms with E-state index in [-0.39, 0.29) is 12.2 Å². The molecule has 11 heavy (non-hydrogen) atoms. The van der Waals surface area contributed by atoms with Crippen LogP contribution in [-0.4, -0.2) is 10.1 Å². The first-order chi connectivity index (χ1) is 5.24. The van der Waals surface area contributed by atoms with E-state index < -0.39 is 0 Å². The Morgan fingerprint density at radius 2 is 2.45 bits per heavy atom. The second kappa shape index (κ2) is 3.02. The Labute approximate surface area is 64.9 Å². The van der Waals surface area contributed by atoms with Gasteiger partial charge in [0.25, 0.3) is 0 Å². The van der Waals surface area contributed by atoms with Crippen molar-refractivity contribution in [1.29, 1.82) is 5.26 Å². The number of hydrogen-bond donors (Lipinski definition) is 1. The van der Waals surface area contributed by atoms with Gasteiger partial charge in [-0.2, -0.15) is 5.26 Å². The molecular weight excluding hydrogens is 140 g/mol. The first-order valence-corrected chi connectivity index (χ1v) is 3.25. The van der Waals surface area contributed by atoms with Crippen LogP contribution in [0, 0.1) is 18.3 Å². The Kier molecular flexibility index (Phi) is 2.07. The van der Waals surface area contributed by atoms with Gasteiger partial charge in [0.15, 0.2) is 0 Å². The van der Waals surface area contributed by atoms with Crippen molar-refractivity contribution in [3.63, 3.8) is 0 Å². The topological polar surface area (TPSA) is 56.9 Å². The molecule has 0 aliphatic rings. The highest BCUT2D eigenvalue weighted by Gasteiger charge is 1.99. The molecule has 1 aromatic rings. The van der Waals surface area contributed by atoms with E-state index in [0.29, 0.717) is 5.56 Å². The van der Waals surface area contributed by atoms with Crippen LogP contribution in [0.5, 0.6) is 5.75 Å². The summed E-state index contributed by atoms with van der Waals surface area (Å²) in [6.07, 6.45) is 1.59. The molecule has 0 radical (unpaired) electrons. The number of aryl methyl sites for hydroxylation is 1. The monoisotopic (exact) mass is 148 g/mol. The molecule has 0 amide bonds. The van der Waals surface area contributed by atoms with Crippen LogP contribution >= 0.6 is 0 Å². The Morgan fingerprint density at radius 1 is 1.73 bits per heavy atom. The van der Waals surface area contributed by atoms with Gasteiger partial charge in [-0.15, -0.1) is 0 Å². The fraction of sp³-hybridized carbons (Fsp3) is 0.250. The van der Waals surface area contributed by atoms with Crippen molar-refractivity contribution in [2.75, 3.05) is 0 Å². The van der Waals surface area contributed by atoms with Gasteiger partial charge in [0.2, 0.25) is 0 Å². The number of aromatic nitrogens is 1. The van der Waals surface area contributed by atoms with Crippen LogP contribution in [-0.2, 0) is 6.42 Å². The van der Waals surface area contributed by atoms with E-state index in [1.807, 2.05) is 13.0 Å². The standard InChI is InChI=1S/C8H8N2O/c1-6-4-7(2-3-9)8(11)5-10-6/h4-5,11H,2H2,1H3. The Morgan fingerprint density at radius 3 is 3.09 bits per heavy atom. The molecule has 56 valence electrons. The third-order valence-corrected chi connectivity index (χ3v) is 1.37. The fourth-order valence-corrected chi connectivity index (χ4v) is 0.836. The molecule has 0 bridgehead atoms. The van der Waals surface area contributed by atoms with Gasteiger partial charge >= 0.3 is 0 Å². The average molecular weight is 148 g/mol. The van der Waals surface area contributed by atoms with E-state index in [2.05, 4.69) is 4.98 Å². The zero-order chi connectivity index (χ0) is 8.27. The van der Waals surface area contributed by atoms with E-state index in [4.69, 9.17) is 10.4 Å². The molecule has 1 rings (SSSR count). The molecule has 0 aliphatic carbocycles. The molecule has 0 aromatic carbocycles. The second-order valence-corrected chi connectivity index (χ2v) is 2.29. The molecule has 0 aliphatic heterocycles. The van der Waals surface area contributed by atoms with Gasteiger partial charge in [0.05, 0.1) is 18.7 Å². The summed E-state index contributed by atoms with van der Waals surface area (Å²) in [6.45, 7) is 1.82. The number of aromatic hydroxyl groups is 1. The van der Waals surface area contributed by atoms with Gasteiger partial charge in [0.1, 0.15) is 5.75 Å². The summed E-state index contributed by atoms with van der Waals surface area (Å²) >= 11 is 0. The van der Waals surface area contributed by atoms with Gasteiger partial charge in [0, 0.05) is 11.3 Å². The number of nitrogens with zero attached hydrogens (tertiary/aromatic N) is 2. The fourth-order valence-electron chi connectivity index (χ4n) is 0.836. The molecule has 0 saturated heterocycles. The summed E-state index contributed by atoms with van der Waals surface area (Å²) in [5.41, 5.74) is 1.45. The number of nitriles is 1. The van der Waals surface area contributed by atoms with Crippen molar-refractivity contribution in [1.82, 2.24) is 4.98 Å². The van der Waals surface area contributed by atoms with Crippen molar-refractivity contribution < 1.29 is 5.11 Å². The van der Waals surface area contributed by atoms with Crippen LogP contribution in [0.4, 0.5) is 0 Å². The van der Waals surface area contributed by atoms with E-state index >= 15 is 0 Å². The minimum Gasteiger partial charge on any atom is -0.506 e. The Hall–Kier alpha value is -1.56. The van der Waals surface area contributed by atoms with E-state index in [9.17, 15) is 0 Å². The lowest BCUT2D eigenvalue weighted by atomic mass is 10.2. The molecule has 0 saturated carbocycles. The molecule has 0 atom stereocenters. The smallest absolute Gasteiger partial charge is 0.138 e. The quantitative estimate of drug-likeness (QED) is 0.650. The van der Waals surface area contributed by atoms with Crippen molar-refractivity contribution in [2.45, 2.75) is 13.3 Å². The maximum atomic E-state index is 9.15. The summed E-state index contributed by atoms with van der Waals surface area (Å²) in [7, 11) is 0. The van der Waals surface area contributed by atoms with Crippen LogP contribution in [0.25, 0.3) is 0 Å². The van der Waals surface area contributed by atoms with Gasteiger partial charge in [-0.3, -0.25) is 4.98 Å². The number of rotatable bonds is 1. The van der Waals surface area contributed by atoms with E-state index in [1.165, 1.54) is 6.20 Å². The van der Waals surface area contributed by atoms with E-state index in [1.54, 1.807) is 6.07 Å². The van der Waals surface area contributed by atoms with Crippen LogP contribution in [0.1, 0.15) is 11.3 Å². The highest BCUT2D eigenvalue weighted by atomic mass is 16.3. The third kappa shape index (κ3) is 1.68. The third-order valence-electron chi connectivity index (χ3n) is 1.37. The van der Waals surface area contributed by atoms with Crippen LogP contribution < -0.4 is 0 Å². The molecule has 0 unspecified atom stereocenters. The first kappa shape index (κ1) is 7.55. The van der Waals surface area contributed by atoms with Crippen molar-refractivity contribution >= 4 is 0 Å². The summed E-state index contributed by atoms with van der Waals surface area (Å²) < 4.78 is 0. The SMILES string of the molecule is Cc1cc(CC#N)c(O)cn1. The highest BCUT2D eigenvalue weighted by Crippen LogP contribution is 2.15. The minimum absolute atomic E-state index is 0.0946. The van der Waals surface area contributed by atoms with E-state index in [0.717, 1.165) is 5.69 Å². The van der Waals surface area contributed by atoms with Crippen molar-refractivity contribution in [3.8, 4) is 11.8 Å². The summed E-state index contributed by atoms with van der Waals surface area (Å²) in [6, 6.07) is 3.67. The zero-order valence-electron chi connectivity index (χ0n) is 6.20. The average Bonchev–Trinajstić information content (AvgIpc) is 1.98. The molecule has 1 aromatic heterocycles. The van der Waals surface area contributed by atoms with Crippen LogP contribution in [0.2, 0.25) is 0 Å². The van der Waals surface area contributed by atoms with Crippen LogP contribution in [0.3, 0.4) is 0 Å². The molecule has 3 heteroatoms. The number of pyridine rings is 1. The molecular formula is C8H8N2O. The largest absolute Gasteiger partial charge is 0.506 e. The summed E-state index contributed by atoms with van der Waals surface area (Å²) in [5.74, 6) is 0.0946. The lowest BCUT2D eigenvalue weighted by Gasteiger charge is -1.98. The lowest BCUT2D eigenvalue weighted by Crippen LogP contribution is -1.87. The number of hydrogen-bond acceptors (Lipinski definition) is 3. The summed E-state index contributed by atoms with van der Waals surface area (Å²) in [5, 5.41) is 17.5. The normalized spacial score (nSPS) is 9.09. The van der Waals surface area contributed by atoms with Gasteiger partial charge in [-0.05, 0) is 13.0 Å². The molecule has 0 fully saturated rings. The van der Waals surface area contributed by atoms with Gasteiger partial charge in [-0.25, -0.2) is 0 Å². The predicted molar refractivity (Wildman–Crippen MR) is 40.0 cm³/mol. The Bertz CT molecular complexity index is 301. The first-order valence-electron chi connectivity index (χ1n) is 3.25. The lowest BCUT2D eigenvalue weighted by molar-refractivity contribution is 0.466. The predicted octanol–water partition coefficient (Wildman–Crippen LogP) is 1.16. The molecule has 1 N–H and O–H groups in total. The second-order valence-electron chi connectivity index (χ2n) is 2.29. The van der Waals surface area contributed by atoms with Crippen molar-refractivity contribution in [2.24, 2.45) is 0 Å². The molecule has 0 spiro atoms. The zero-order valence-corrected chi connectivity index (χ0v) is 6.20. The summed E-state index contributed by atoms with van der Waals surface area (Å²) in [4.78, 5) is 3.86. The van der Waals surface area contributed by atoms with Crippen LogP contribution in [0.15, 0.2) is 12.3 Å². The van der Waals surface area contributed by atoms with Gasteiger partial charge < -0.3 is 5.11 Å².